The van der Waals surface area contributed by atoms with Crippen LogP contribution in [0.3, 0.4) is 0 Å². The summed E-state index contributed by atoms with van der Waals surface area (Å²) in [5.41, 5.74) is -2.71. The number of hydrogen-bond donors (Lipinski definition) is 1. The molecule has 0 unspecified atom stereocenters. The molecule has 2 fully saturated rings. The zero-order valence-electron chi connectivity index (χ0n) is 18.2. The highest BCUT2D eigenvalue weighted by molar-refractivity contribution is 5.89. The third kappa shape index (κ3) is 3.58. The molecular weight excluding hydrogens is 404 g/mol. The number of rotatable bonds is 5. The van der Waals surface area contributed by atoms with Crippen molar-refractivity contribution in [1.82, 2.24) is 0 Å². The van der Waals surface area contributed by atoms with Gasteiger partial charge in [-0.2, -0.15) is 0 Å². The first-order valence-electron chi connectivity index (χ1n) is 10.3. The number of carbonyl (C=O) groups is 4. The van der Waals surface area contributed by atoms with Crippen molar-refractivity contribution < 1.29 is 38.5 Å². The molecule has 4 atom stereocenters. The molecule has 1 heterocycles. The van der Waals surface area contributed by atoms with E-state index in [9.17, 15) is 19.2 Å². The van der Waals surface area contributed by atoms with Crippen LogP contribution in [0.2, 0.25) is 0 Å². The predicted molar refractivity (Wildman–Crippen MR) is 109 cm³/mol. The summed E-state index contributed by atoms with van der Waals surface area (Å²) in [6.45, 7) is 4.53. The Morgan fingerprint density at radius 1 is 1.26 bits per heavy atom. The van der Waals surface area contributed by atoms with E-state index in [-0.39, 0.29) is 17.9 Å². The van der Waals surface area contributed by atoms with Crippen LogP contribution in [0.4, 0.5) is 0 Å². The number of carboxylic acid groups (broad SMARTS) is 1. The van der Waals surface area contributed by atoms with Gasteiger partial charge >= 0.3 is 23.9 Å². The van der Waals surface area contributed by atoms with Gasteiger partial charge in [-0.3, -0.25) is 9.59 Å². The summed E-state index contributed by atoms with van der Waals surface area (Å²) in [6.07, 6.45) is 8.21. The minimum absolute atomic E-state index is 0.138. The third-order valence-corrected chi connectivity index (χ3v) is 6.97. The first-order chi connectivity index (χ1) is 14.5. The molecule has 0 spiro atoms. The van der Waals surface area contributed by atoms with Crippen molar-refractivity contribution in [3.05, 3.63) is 35.5 Å². The molecule has 1 saturated heterocycles. The van der Waals surface area contributed by atoms with E-state index in [0.29, 0.717) is 31.3 Å². The highest BCUT2D eigenvalue weighted by atomic mass is 16.6. The molecule has 1 N–H and O–H groups in total. The molecule has 8 nitrogen and oxygen atoms in total. The van der Waals surface area contributed by atoms with Crippen molar-refractivity contribution in [1.29, 1.82) is 0 Å². The second-order valence-electron chi connectivity index (χ2n) is 8.67. The number of hydrogen-bond acceptors (Lipinski definition) is 7. The monoisotopic (exact) mass is 432 g/mol. The fourth-order valence-corrected chi connectivity index (χ4v) is 5.45. The summed E-state index contributed by atoms with van der Waals surface area (Å²) in [5.74, 6) is -2.83. The number of esters is 3. The Balaban J connectivity index is 2.07. The largest absolute Gasteiger partial charge is 0.478 e. The average Bonchev–Trinajstić information content (AvgIpc) is 2.84. The maximum absolute atomic E-state index is 13.4. The molecule has 2 aliphatic carbocycles. The molecular formula is C23H28O8. The van der Waals surface area contributed by atoms with Crippen LogP contribution in [0.25, 0.3) is 0 Å². The first kappa shape index (κ1) is 22.8. The Labute approximate surface area is 180 Å². The molecule has 8 heteroatoms. The Morgan fingerprint density at radius 2 is 1.97 bits per heavy atom. The van der Waals surface area contributed by atoms with Crippen LogP contribution >= 0.6 is 0 Å². The van der Waals surface area contributed by atoms with Gasteiger partial charge in [-0.15, -0.1) is 0 Å². The number of carbonyl (C=O) groups excluding carboxylic acids is 3. The van der Waals surface area contributed by atoms with Crippen LogP contribution in [0, 0.1) is 11.3 Å². The number of cyclic esters (lactones) is 1. The average molecular weight is 432 g/mol. The summed E-state index contributed by atoms with van der Waals surface area (Å²) >= 11 is 0. The lowest BCUT2D eigenvalue weighted by molar-refractivity contribution is -0.235. The van der Waals surface area contributed by atoms with Gasteiger partial charge in [-0.1, -0.05) is 18.2 Å². The predicted octanol–water partition coefficient (Wildman–Crippen LogP) is 2.87. The molecule has 168 valence electrons. The second-order valence-corrected chi connectivity index (χ2v) is 8.67. The second kappa shape index (κ2) is 7.98. The van der Waals surface area contributed by atoms with E-state index in [2.05, 4.69) is 0 Å². The quantitative estimate of drug-likeness (QED) is 0.305. The van der Waals surface area contributed by atoms with E-state index < -0.39 is 40.5 Å². The van der Waals surface area contributed by atoms with Gasteiger partial charge in [0.25, 0.3) is 0 Å². The molecule has 0 radical (unpaired) electrons. The molecule has 0 aromatic heterocycles. The lowest BCUT2D eigenvalue weighted by atomic mass is 9.62. The number of ether oxygens (including phenoxy) is 3. The zero-order valence-corrected chi connectivity index (χ0v) is 18.2. The normalized spacial score (nSPS) is 35.0. The Kier molecular flexibility index (Phi) is 5.86. The molecule has 0 amide bonds. The van der Waals surface area contributed by atoms with Gasteiger partial charge in [-0.05, 0) is 52.0 Å². The Bertz CT molecular complexity index is 913. The van der Waals surface area contributed by atoms with Crippen LogP contribution in [0.15, 0.2) is 35.5 Å². The van der Waals surface area contributed by atoms with Crippen molar-refractivity contribution >= 4 is 23.9 Å². The minimum Gasteiger partial charge on any atom is -0.478 e. The van der Waals surface area contributed by atoms with Gasteiger partial charge in [-0.25, -0.2) is 9.59 Å². The maximum Gasteiger partial charge on any atom is 0.333 e. The lowest BCUT2D eigenvalue weighted by Gasteiger charge is -2.54. The van der Waals surface area contributed by atoms with Crippen molar-refractivity contribution in [2.24, 2.45) is 11.3 Å². The molecule has 31 heavy (non-hydrogen) atoms. The van der Waals surface area contributed by atoms with Crippen LogP contribution in [0.5, 0.6) is 0 Å². The lowest BCUT2D eigenvalue weighted by Crippen LogP contribution is -2.65. The standard InChI is InChI=1S/C23H28O8/c1-14(18(25)26)6-5-10-21(3)17-9-12-22(20(28)31-21)11-7-16(19(27)29-4)8-13-23(17,22)30-15(2)24/h5-7,10,17H,8-9,11-13H2,1-4H3,(H,25,26)/b10-5+,14-6+/t17-,21+,22+,23-/m1/s1. The zero-order chi connectivity index (χ0) is 23.0. The fourth-order valence-electron chi connectivity index (χ4n) is 5.45. The van der Waals surface area contributed by atoms with Crippen LogP contribution < -0.4 is 0 Å². The van der Waals surface area contributed by atoms with Crippen molar-refractivity contribution in [3.63, 3.8) is 0 Å². The van der Waals surface area contributed by atoms with E-state index in [4.69, 9.17) is 19.3 Å². The van der Waals surface area contributed by atoms with Crippen molar-refractivity contribution in [2.45, 2.75) is 64.1 Å². The van der Waals surface area contributed by atoms with Gasteiger partial charge in [0.15, 0.2) is 0 Å². The van der Waals surface area contributed by atoms with Crippen LogP contribution in [-0.2, 0) is 33.4 Å². The summed E-state index contributed by atoms with van der Waals surface area (Å²) < 4.78 is 16.7. The Morgan fingerprint density at radius 3 is 2.58 bits per heavy atom. The number of methoxy groups -OCH3 is 1. The molecule has 0 aromatic carbocycles. The van der Waals surface area contributed by atoms with Gasteiger partial charge in [0.1, 0.15) is 16.6 Å². The summed E-state index contributed by atoms with van der Waals surface area (Å²) in [7, 11) is 1.30. The number of carboxylic acids is 1. The molecule has 0 aromatic rings. The maximum atomic E-state index is 13.4. The SMILES string of the molecule is COC(=O)C1=CC[C@]23CC[C@H]([C@](C)(/C=C/C=C(\C)C(=O)O)OC2=O)[C@]3(OC(C)=O)CC1. The number of allylic oxidation sites excluding steroid dienone is 3. The summed E-state index contributed by atoms with van der Waals surface area (Å²) in [5, 5.41) is 9.06. The Hall–Kier alpha value is -2.90. The molecule has 2 bridgehead atoms. The van der Waals surface area contributed by atoms with E-state index in [0.717, 1.165) is 0 Å². The highest BCUT2D eigenvalue weighted by Gasteiger charge is 2.74. The minimum atomic E-state index is -1.13. The topological polar surface area (TPSA) is 116 Å². The smallest absolute Gasteiger partial charge is 0.333 e. The van der Waals surface area contributed by atoms with Gasteiger partial charge in [0.2, 0.25) is 0 Å². The first-order valence-corrected chi connectivity index (χ1v) is 10.3. The third-order valence-electron chi connectivity index (χ3n) is 6.97. The van der Waals surface area contributed by atoms with Crippen LogP contribution in [-0.4, -0.2) is 47.3 Å². The van der Waals surface area contributed by atoms with Gasteiger partial charge < -0.3 is 19.3 Å². The molecule has 1 saturated carbocycles. The molecule has 3 aliphatic rings. The van der Waals surface area contributed by atoms with E-state index in [1.165, 1.54) is 27.0 Å². The van der Waals surface area contributed by atoms with Gasteiger partial charge in [0, 0.05) is 24.0 Å². The van der Waals surface area contributed by atoms with Crippen molar-refractivity contribution in [3.8, 4) is 0 Å². The van der Waals surface area contributed by atoms with Gasteiger partial charge in [0.05, 0.1) is 7.11 Å². The van der Waals surface area contributed by atoms with Crippen molar-refractivity contribution in [2.75, 3.05) is 7.11 Å². The summed E-state index contributed by atoms with van der Waals surface area (Å²) in [6, 6.07) is 0. The molecule has 1 aliphatic heterocycles. The molecule has 3 rings (SSSR count). The van der Waals surface area contributed by atoms with E-state index in [1.54, 1.807) is 25.2 Å². The number of aliphatic carboxylic acids is 1. The van der Waals surface area contributed by atoms with E-state index >= 15 is 0 Å². The van der Waals surface area contributed by atoms with E-state index in [1.807, 2.05) is 0 Å². The van der Waals surface area contributed by atoms with Crippen LogP contribution in [0.1, 0.15) is 52.9 Å². The highest BCUT2D eigenvalue weighted by Crippen LogP contribution is 2.65. The summed E-state index contributed by atoms with van der Waals surface area (Å²) in [4.78, 5) is 48.8. The fraction of sp³-hybridized carbons (Fsp3) is 0.565.